The van der Waals surface area contributed by atoms with Crippen molar-refractivity contribution >= 4 is 17.5 Å². The Labute approximate surface area is 190 Å². The SMILES string of the molecule is CCOc1c(Cl)cc(C(=O)NC2CCN(Cc3cccc(C(F)(F)F)c3)CC2)cc1OC. The molecule has 2 aromatic carbocycles. The van der Waals surface area contributed by atoms with Crippen molar-refractivity contribution in [1.82, 2.24) is 10.2 Å². The van der Waals surface area contributed by atoms with Crippen LogP contribution in [0.5, 0.6) is 11.5 Å². The van der Waals surface area contributed by atoms with E-state index in [0.717, 1.165) is 6.07 Å². The normalized spacial score (nSPS) is 15.4. The minimum atomic E-state index is -4.35. The molecule has 174 valence electrons. The molecule has 9 heteroatoms. The lowest BCUT2D eigenvalue weighted by molar-refractivity contribution is -0.137. The third-order valence-electron chi connectivity index (χ3n) is 5.36. The summed E-state index contributed by atoms with van der Waals surface area (Å²) < 4.78 is 49.5. The van der Waals surface area contributed by atoms with Crippen LogP contribution in [0, 0.1) is 0 Å². The van der Waals surface area contributed by atoms with Gasteiger partial charge in [-0.25, -0.2) is 0 Å². The van der Waals surface area contributed by atoms with Crippen LogP contribution in [0.25, 0.3) is 0 Å². The van der Waals surface area contributed by atoms with Gasteiger partial charge in [-0.05, 0) is 43.5 Å². The van der Waals surface area contributed by atoms with Crippen LogP contribution >= 0.6 is 11.6 Å². The molecule has 3 rings (SSSR count). The highest BCUT2D eigenvalue weighted by Crippen LogP contribution is 2.36. The van der Waals surface area contributed by atoms with Crippen LogP contribution in [0.4, 0.5) is 13.2 Å². The molecule has 1 aliphatic heterocycles. The van der Waals surface area contributed by atoms with Gasteiger partial charge in [0.25, 0.3) is 5.91 Å². The molecular weight excluding hydrogens is 445 g/mol. The summed E-state index contributed by atoms with van der Waals surface area (Å²) in [7, 11) is 1.48. The zero-order valence-corrected chi connectivity index (χ0v) is 18.7. The van der Waals surface area contributed by atoms with Crippen LogP contribution in [-0.4, -0.2) is 43.7 Å². The number of piperidine rings is 1. The zero-order valence-electron chi connectivity index (χ0n) is 18.0. The average molecular weight is 471 g/mol. The number of methoxy groups -OCH3 is 1. The molecule has 0 bridgehead atoms. The Balaban J connectivity index is 1.56. The first-order valence-corrected chi connectivity index (χ1v) is 10.8. The van der Waals surface area contributed by atoms with Crippen molar-refractivity contribution in [3.63, 3.8) is 0 Å². The third-order valence-corrected chi connectivity index (χ3v) is 5.64. The Bertz CT molecular complexity index is 945. The lowest BCUT2D eigenvalue weighted by atomic mass is 10.0. The fourth-order valence-electron chi connectivity index (χ4n) is 3.74. The molecule has 0 radical (unpaired) electrons. The number of hydrogen-bond acceptors (Lipinski definition) is 4. The second-order valence-electron chi connectivity index (χ2n) is 7.64. The van der Waals surface area contributed by atoms with E-state index in [1.54, 1.807) is 18.2 Å². The van der Waals surface area contributed by atoms with Gasteiger partial charge < -0.3 is 14.8 Å². The number of hydrogen-bond donors (Lipinski definition) is 1. The van der Waals surface area contributed by atoms with Gasteiger partial charge in [-0.15, -0.1) is 0 Å². The van der Waals surface area contributed by atoms with E-state index >= 15 is 0 Å². The van der Waals surface area contributed by atoms with Crippen LogP contribution in [0.3, 0.4) is 0 Å². The Kier molecular flexibility index (Phi) is 7.90. The smallest absolute Gasteiger partial charge is 0.416 e. The minimum Gasteiger partial charge on any atom is -0.493 e. The van der Waals surface area contributed by atoms with E-state index in [1.807, 2.05) is 6.92 Å². The van der Waals surface area contributed by atoms with Gasteiger partial charge in [0, 0.05) is 31.2 Å². The van der Waals surface area contributed by atoms with E-state index < -0.39 is 11.7 Å². The number of alkyl halides is 3. The number of amides is 1. The second-order valence-corrected chi connectivity index (χ2v) is 8.05. The predicted octanol–water partition coefficient (Wildman–Crippen LogP) is 5.16. The number of ether oxygens (including phenoxy) is 2. The van der Waals surface area contributed by atoms with Crippen LogP contribution < -0.4 is 14.8 Å². The summed E-state index contributed by atoms with van der Waals surface area (Å²) >= 11 is 6.25. The second kappa shape index (κ2) is 10.4. The van der Waals surface area contributed by atoms with Crippen LogP contribution in [0.1, 0.15) is 41.3 Å². The van der Waals surface area contributed by atoms with E-state index in [2.05, 4.69) is 10.2 Å². The summed E-state index contributed by atoms with van der Waals surface area (Å²) in [4.78, 5) is 14.8. The molecule has 0 spiro atoms. The summed E-state index contributed by atoms with van der Waals surface area (Å²) in [5.74, 6) is 0.529. The van der Waals surface area contributed by atoms with Gasteiger partial charge in [0.2, 0.25) is 0 Å². The monoisotopic (exact) mass is 470 g/mol. The van der Waals surface area contributed by atoms with Gasteiger partial charge in [-0.3, -0.25) is 9.69 Å². The van der Waals surface area contributed by atoms with Crippen molar-refractivity contribution in [3.05, 3.63) is 58.1 Å². The van der Waals surface area contributed by atoms with Crippen molar-refractivity contribution in [2.45, 2.75) is 38.5 Å². The number of nitrogens with zero attached hydrogens (tertiary/aromatic N) is 1. The first kappa shape index (κ1) is 24.2. The predicted molar refractivity (Wildman–Crippen MR) is 116 cm³/mol. The lowest BCUT2D eigenvalue weighted by Crippen LogP contribution is -2.44. The Morgan fingerprint density at radius 1 is 1.22 bits per heavy atom. The largest absolute Gasteiger partial charge is 0.493 e. The number of rotatable bonds is 7. The van der Waals surface area contributed by atoms with Crippen molar-refractivity contribution in [2.75, 3.05) is 26.8 Å². The summed E-state index contributed by atoms with van der Waals surface area (Å²) in [5, 5.41) is 3.31. The number of carbonyl (C=O) groups excluding carboxylic acids is 1. The molecule has 0 aliphatic carbocycles. The van der Waals surface area contributed by atoms with Crippen molar-refractivity contribution in [2.24, 2.45) is 0 Å². The van der Waals surface area contributed by atoms with E-state index in [9.17, 15) is 18.0 Å². The summed E-state index contributed by atoms with van der Waals surface area (Å²) in [5.41, 5.74) is 0.363. The van der Waals surface area contributed by atoms with Gasteiger partial charge >= 0.3 is 6.18 Å². The summed E-state index contributed by atoms with van der Waals surface area (Å²) in [6, 6.07) is 8.51. The van der Waals surface area contributed by atoms with Gasteiger partial charge in [-0.1, -0.05) is 29.8 Å². The van der Waals surface area contributed by atoms with Crippen LogP contribution in [-0.2, 0) is 12.7 Å². The number of halogens is 4. The average Bonchev–Trinajstić information content (AvgIpc) is 2.76. The van der Waals surface area contributed by atoms with Gasteiger partial charge in [0.05, 0.1) is 24.3 Å². The Morgan fingerprint density at radius 3 is 2.56 bits per heavy atom. The maximum absolute atomic E-state index is 12.9. The van der Waals surface area contributed by atoms with E-state index in [4.69, 9.17) is 21.1 Å². The first-order valence-electron chi connectivity index (χ1n) is 10.4. The quantitative estimate of drug-likeness (QED) is 0.607. The molecule has 1 saturated heterocycles. The highest BCUT2D eigenvalue weighted by Gasteiger charge is 2.30. The fraction of sp³-hybridized carbons (Fsp3) is 0.435. The minimum absolute atomic E-state index is 0.0309. The van der Waals surface area contributed by atoms with Crippen LogP contribution in [0.2, 0.25) is 5.02 Å². The van der Waals surface area contributed by atoms with E-state index in [1.165, 1.54) is 19.2 Å². The molecule has 5 nitrogen and oxygen atoms in total. The Morgan fingerprint density at radius 2 is 1.94 bits per heavy atom. The molecule has 0 saturated carbocycles. The number of benzene rings is 2. The topological polar surface area (TPSA) is 50.8 Å². The van der Waals surface area contributed by atoms with Crippen molar-refractivity contribution < 1.29 is 27.4 Å². The molecule has 1 amide bonds. The molecule has 0 atom stereocenters. The standard InChI is InChI=1S/C23H26ClF3N2O3/c1-3-32-21-19(24)12-16(13-20(21)31-2)22(30)28-18-7-9-29(10-8-18)14-15-5-4-6-17(11-15)23(25,26)27/h4-6,11-13,18H,3,7-10,14H2,1-2H3,(H,28,30). The maximum atomic E-state index is 12.9. The zero-order chi connectivity index (χ0) is 23.3. The molecule has 2 aromatic rings. The number of likely N-dealkylation sites (tertiary alicyclic amines) is 1. The summed E-state index contributed by atoms with van der Waals surface area (Å²) in [6.07, 6.45) is -2.95. The number of carbonyl (C=O) groups is 1. The highest BCUT2D eigenvalue weighted by molar-refractivity contribution is 6.32. The van der Waals surface area contributed by atoms with Crippen molar-refractivity contribution in [3.8, 4) is 11.5 Å². The molecule has 1 aliphatic rings. The van der Waals surface area contributed by atoms with Gasteiger partial charge in [0.15, 0.2) is 11.5 Å². The molecule has 1 fully saturated rings. The molecular formula is C23H26ClF3N2O3. The molecule has 0 aromatic heterocycles. The maximum Gasteiger partial charge on any atom is 0.416 e. The number of nitrogens with one attached hydrogen (secondary N) is 1. The highest BCUT2D eigenvalue weighted by atomic mass is 35.5. The Hall–Kier alpha value is -2.45. The van der Waals surface area contributed by atoms with Gasteiger partial charge in [-0.2, -0.15) is 13.2 Å². The van der Waals surface area contributed by atoms with Gasteiger partial charge in [0.1, 0.15) is 0 Å². The fourth-order valence-corrected chi connectivity index (χ4v) is 4.01. The third kappa shape index (κ3) is 6.07. The van der Waals surface area contributed by atoms with Crippen LogP contribution in [0.15, 0.2) is 36.4 Å². The van der Waals surface area contributed by atoms with E-state index in [0.29, 0.717) is 66.7 Å². The lowest BCUT2D eigenvalue weighted by Gasteiger charge is -2.32. The molecule has 1 N–H and O–H groups in total. The van der Waals surface area contributed by atoms with Crippen molar-refractivity contribution in [1.29, 1.82) is 0 Å². The van der Waals surface area contributed by atoms with E-state index in [-0.39, 0.29) is 11.9 Å². The first-order chi connectivity index (χ1) is 15.2. The molecule has 1 heterocycles. The summed E-state index contributed by atoms with van der Waals surface area (Å²) in [6.45, 7) is 4.04. The molecule has 32 heavy (non-hydrogen) atoms. The molecule has 0 unspecified atom stereocenters.